The van der Waals surface area contributed by atoms with Gasteiger partial charge in [-0.15, -0.1) is 0 Å². The van der Waals surface area contributed by atoms with Gasteiger partial charge in [0.05, 0.1) is 17.1 Å². The van der Waals surface area contributed by atoms with Gasteiger partial charge in [-0.3, -0.25) is 15.1 Å². The molecule has 0 atom stereocenters. The molecule has 160 valence electrons. The number of alkyl halides is 2. The quantitative estimate of drug-likeness (QED) is 0.567. The number of sulfonamides is 1. The molecule has 2 heterocycles. The number of hydrogen-bond acceptors (Lipinski definition) is 6. The fourth-order valence-corrected chi connectivity index (χ4v) is 3.66. The van der Waals surface area contributed by atoms with Crippen molar-refractivity contribution in [3.8, 4) is 5.75 Å². The molecule has 1 saturated heterocycles. The fourth-order valence-electron chi connectivity index (χ4n) is 2.63. The predicted molar refractivity (Wildman–Crippen MR) is 100 cm³/mol. The second-order valence-corrected chi connectivity index (χ2v) is 8.14. The van der Waals surface area contributed by atoms with Gasteiger partial charge in [0, 0.05) is 18.8 Å². The molecule has 2 aromatic rings. The Morgan fingerprint density at radius 1 is 1.23 bits per heavy atom. The zero-order valence-corrected chi connectivity index (χ0v) is 16.4. The van der Waals surface area contributed by atoms with Crippen LogP contribution in [0.4, 0.5) is 13.6 Å². The highest BCUT2D eigenvalue weighted by Gasteiger charge is 2.26. The fraction of sp³-hybridized carbons (Fsp3) is 0.278. The third-order valence-corrected chi connectivity index (χ3v) is 5.46. The lowest BCUT2D eigenvalue weighted by Crippen LogP contribution is -2.27. The first-order chi connectivity index (χ1) is 14.2. The van der Waals surface area contributed by atoms with Gasteiger partial charge in [-0.2, -0.15) is 0 Å². The van der Waals surface area contributed by atoms with Gasteiger partial charge in [0.15, 0.2) is 0 Å². The summed E-state index contributed by atoms with van der Waals surface area (Å²) in [6.07, 6.45) is -1.18. The SMILES string of the molecule is O=C1CN(Cc2ccc(CNS(=O)(=O)c3cccc(OCC(F)F)c3)nc2)C(=O)N1. The van der Waals surface area contributed by atoms with Crippen LogP contribution in [0.1, 0.15) is 11.3 Å². The van der Waals surface area contributed by atoms with Crippen LogP contribution in [0.25, 0.3) is 0 Å². The average molecular weight is 440 g/mol. The number of benzene rings is 1. The summed E-state index contributed by atoms with van der Waals surface area (Å²) in [5.74, 6) is -0.354. The number of aromatic nitrogens is 1. The summed E-state index contributed by atoms with van der Waals surface area (Å²) in [6, 6.07) is 8.04. The molecule has 3 amide bonds. The first-order valence-corrected chi connectivity index (χ1v) is 10.2. The molecular weight excluding hydrogens is 422 g/mol. The lowest BCUT2D eigenvalue weighted by Gasteiger charge is -2.13. The number of carbonyl (C=O) groups is 2. The number of nitrogens with one attached hydrogen (secondary N) is 2. The Hall–Kier alpha value is -3.12. The third kappa shape index (κ3) is 5.70. The van der Waals surface area contributed by atoms with Gasteiger partial charge in [-0.1, -0.05) is 12.1 Å². The molecule has 1 aromatic heterocycles. The molecule has 9 nitrogen and oxygen atoms in total. The molecule has 0 radical (unpaired) electrons. The van der Waals surface area contributed by atoms with Crippen LogP contribution in [-0.4, -0.2) is 49.8 Å². The molecule has 1 aliphatic heterocycles. The van der Waals surface area contributed by atoms with Crippen molar-refractivity contribution in [2.75, 3.05) is 13.2 Å². The van der Waals surface area contributed by atoms with Crippen molar-refractivity contribution in [3.63, 3.8) is 0 Å². The van der Waals surface area contributed by atoms with Crippen molar-refractivity contribution in [1.82, 2.24) is 19.9 Å². The smallest absolute Gasteiger partial charge is 0.324 e. The molecule has 1 fully saturated rings. The van der Waals surface area contributed by atoms with Crippen LogP contribution >= 0.6 is 0 Å². The zero-order valence-electron chi connectivity index (χ0n) is 15.5. The largest absolute Gasteiger partial charge is 0.488 e. The molecule has 3 rings (SSSR count). The lowest BCUT2D eigenvalue weighted by atomic mass is 10.2. The summed E-state index contributed by atoms with van der Waals surface area (Å²) in [5.41, 5.74) is 1.10. The number of ether oxygens (including phenoxy) is 1. The van der Waals surface area contributed by atoms with E-state index < -0.39 is 29.1 Å². The molecule has 1 aliphatic rings. The summed E-state index contributed by atoms with van der Waals surface area (Å²) in [6.45, 7) is -0.768. The second kappa shape index (κ2) is 9.13. The Labute approximate surface area is 171 Å². The molecule has 0 bridgehead atoms. The molecule has 12 heteroatoms. The number of hydrogen-bond donors (Lipinski definition) is 2. The Morgan fingerprint density at radius 3 is 2.67 bits per heavy atom. The summed E-state index contributed by atoms with van der Waals surface area (Å²) in [7, 11) is -3.92. The van der Waals surface area contributed by atoms with Crippen LogP contribution in [0.3, 0.4) is 0 Å². The van der Waals surface area contributed by atoms with Gasteiger partial charge in [0.1, 0.15) is 18.9 Å². The summed E-state index contributed by atoms with van der Waals surface area (Å²) in [4.78, 5) is 28.1. The van der Waals surface area contributed by atoms with Gasteiger partial charge in [-0.25, -0.2) is 26.7 Å². The molecule has 1 aromatic carbocycles. The number of carbonyl (C=O) groups excluding carboxylic acids is 2. The number of nitrogens with zero attached hydrogens (tertiary/aromatic N) is 2. The molecule has 30 heavy (non-hydrogen) atoms. The van der Waals surface area contributed by atoms with E-state index in [0.717, 1.165) is 6.07 Å². The Bertz CT molecular complexity index is 1030. The van der Waals surface area contributed by atoms with Crippen LogP contribution in [0, 0.1) is 0 Å². The number of pyridine rings is 1. The highest BCUT2D eigenvalue weighted by Crippen LogP contribution is 2.18. The van der Waals surface area contributed by atoms with Gasteiger partial charge < -0.3 is 9.64 Å². The predicted octanol–water partition coefficient (Wildman–Crippen LogP) is 1.26. The Morgan fingerprint density at radius 2 is 2.03 bits per heavy atom. The Balaban J connectivity index is 1.58. The number of imide groups is 1. The van der Waals surface area contributed by atoms with E-state index in [1.54, 1.807) is 12.1 Å². The van der Waals surface area contributed by atoms with E-state index in [9.17, 15) is 26.8 Å². The minimum atomic E-state index is -3.92. The number of urea groups is 1. The van der Waals surface area contributed by atoms with Crippen molar-refractivity contribution in [1.29, 1.82) is 0 Å². The van der Waals surface area contributed by atoms with E-state index in [2.05, 4.69) is 15.0 Å². The number of halogens is 2. The van der Waals surface area contributed by atoms with Gasteiger partial charge >= 0.3 is 6.03 Å². The highest BCUT2D eigenvalue weighted by atomic mass is 32.2. The van der Waals surface area contributed by atoms with Crippen molar-refractivity contribution >= 4 is 22.0 Å². The average Bonchev–Trinajstić information content (AvgIpc) is 3.03. The van der Waals surface area contributed by atoms with Crippen LogP contribution in [0.2, 0.25) is 0 Å². The topological polar surface area (TPSA) is 118 Å². The van der Waals surface area contributed by atoms with Crippen LogP contribution in [-0.2, 0) is 27.9 Å². The van der Waals surface area contributed by atoms with Gasteiger partial charge in [0.25, 0.3) is 6.43 Å². The van der Waals surface area contributed by atoms with Crippen molar-refractivity contribution in [2.45, 2.75) is 24.4 Å². The van der Waals surface area contributed by atoms with E-state index in [4.69, 9.17) is 4.74 Å². The van der Waals surface area contributed by atoms with Gasteiger partial charge in [-0.05, 0) is 23.8 Å². The standard InChI is InChI=1S/C18H18F2N4O5S/c19-16(20)11-29-14-2-1-3-15(6-14)30(27,28)22-8-13-5-4-12(7-21-13)9-24-10-17(25)23-18(24)26/h1-7,16,22H,8-11H2,(H,23,25,26). The Kier molecular flexibility index (Phi) is 6.57. The van der Waals surface area contributed by atoms with E-state index in [-0.39, 0.29) is 36.2 Å². The van der Waals surface area contributed by atoms with E-state index in [1.165, 1.54) is 29.3 Å². The molecular formula is C18H18F2N4O5S. The minimum Gasteiger partial charge on any atom is -0.488 e. The van der Waals surface area contributed by atoms with Crippen LogP contribution < -0.4 is 14.8 Å². The molecule has 0 spiro atoms. The third-order valence-electron chi connectivity index (χ3n) is 4.06. The first-order valence-electron chi connectivity index (χ1n) is 8.76. The van der Waals surface area contributed by atoms with Crippen molar-refractivity contribution in [3.05, 3.63) is 53.9 Å². The van der Waals surface area contributed by atoms with Crippen LogP contribution in [0.5, 0.6) is 5.75 Å². The summed E-state index contributed by atoms with van der Waals surface area (Å²) >= 11 is 0. The minimum absolute atomic E-state index is 0.0186. The highest BCUT2D eigenvalue weighted by molar-refractivity contribution is 7.89. The summed E-state index contributed by atoms with van der Waals surface area (Å²) in [5, 5.41) is 2.17. The maximum Gasteiger partial charge on any atom is 0.324 e. The summed E-state index contributed by atoms with van der Waals surface area (Å²) < 4.78 is 56.6. The van der Waals surface area contributed by atoms with E-state index in [1.807, 2.05) is 0 Å². The first kappa shape index (κ1) is 21.6. The van der Waals surface area contributed by atoms with Gasteiger partial charge in [0.2, 0.25) is 15.9 Å². The number of amides is 3. The molecule has 0 saturated carbocycles. The monoisotopic (exact) mass is 440 g/mol. The molecule has 0 aliphatic carbocycles. The van der Waals surface area contributed by atoms with E-state index in [0.29, 0.717) is 11.3 Å². The maximum absolute atomic E-state index is 12.4. The maximum atomic E-state index is 12.4. The van der Waals surface area contributed by atoms with E-state index >= 15 is 0 Å². The normalized spacial score (nSPS) is 14.3. The van der Waals surface area contributed by atoms with Crippen LogP contribution in [0.15, 0.2) is 47.5 Å². The number of rotatable bonds is 9. The zero-order chi connectivity index (χ0) is 21.7. The molecule has 0 unspecified atom stereocenters. The second-order valence-electron chi connectivity index (χ2n) is 6.37. The van der Waals surface area contributed by atoms with Crippen molar-refractivity contribution < 1.29 is 31.5 Å². The lowest BCUT2D eigenvalue weighted by molar-refractivity contribution is -0.118. The molecule has 2 N–H and O–H groups in total. The van der Waals surface area contributed by atoms with Crippen molar-refractivity contribution in [2.24, 2.45) is 0 Å².